The molecule has 6 nitrogen and oxygen atoms in total. The van der Waals surface area contributed by atoms with Crippen LogP contribution in [0.5, 0.6) is 17.2 Å². The SMILES string of the molecule is COc1cc(C(=O)NCCc2ccc(N)cc2)cc2c1OCCO2.Cl. The minimum absolute atomic E-state index is 0. The first-order chi connectivity index (χ1) is 11.7. The van der Waals surface area contributed by atoms with E-state index in [1.54, 1.807) is 12.1 Å². The Balaban J connectivity index is 0.00000225. The monoisotopic (exact) mass is 364 g/mol. The number of carbonyl (C=O) groups is 1. The van der Waals surface area contributed by atoms with Crippen molar-refractivity contribution in [3.05, 3.63) is 47.5 Å². The molecule has 0 aromatic heterocycles. The van der Waals surface area contributed by atoms with E-state index in [4.69, 9.17) is 19.9 Å². The number of hydrogen-bond donors (Lipinski definition) is 2. The molecule has 1 aliphatic heterocycles. The molecular formula is C18H21ClN2O4. The van der Waals surface area contributed by atoms with Crippen LogP contribution in [0.4, 0.5) is 5.69 Å². The average Bonchev–Trinajstić information content (AvgIpc) is 2.62. The molecule has 3 N–H and O–H groups in total. The molecule has 134 valence electrons. The first kappa shape index (κ1) is 18.7. The topological polar surface area (TPSA) is 82.8 Å². The van der Waals surface area contributed by atoms with E-state index < -0.39 is 0 Å². The summed E-state index contributed by atoms with van der Waals surface area (Å²) in [6.07, 6.45) is 0.730. The van der Waals surface area contributed by atoms with Crippen molar-refractivity contribution >= 4 is 24.0 Å². The second kappa shape index (κ2) is 8.48. The Hall–Kier alpha value is -2.60. The van der Waals surface area contributed by atoms with E-state index in [1.165, 1.54) is 7.11 Å². The van der Waals surface area contributed by atoms with Gasteiger partial charge in [-0.3, -0.25) is 4.79 Å². The third-order valence-electron chi connectivity index (χ3n) is 3.77. The fourth-order valence-electron chi connectivity index (χ4n) is 2.51. The van der Waals surface area contributed by atoms with Gasteiger partial charge in [0.2, 0.25) is 5.75 Å². The Kier molecular flexibility index (Phi) is 6.36. The number of halogens is 1. The van der Waals surface area contributed by atoms with Crippen LogP contribution in [0.2, 0.25) is 0 Å². The number of nitrogens with two attached hydrogens (primary N) is 1. The molecule has 0 aliphatic carbocycles. The highest BCUT2D eigenvalue weighted by molar-refractivity contribution is 5.95. The van der Waals surface area contributed by atoms with E-state index in [2.05, 4.69) is 5.32 Å². The summed E-state index contributed by atoms with van der Waals surface area (Å²) < 4.78 is 16.4. The van der Waals surface area contributed by atoms with E-state index >= 15 is 0 Å². The number of nitrogen functional groups attached to an aromatic ring is 1. The largest absolute Gasteiger partial charge is 0.493 e. The summed E-state index contributed by atoms with van der Waals surface area (Å²) in [6.45, 7) is 1.45. The molecule has 7 heteroatoms. The van der Waals surface area contributed by atoms with Gasteiger partial charge in [-0.05, 0) is 36.2 Å². The molecule has 0 bridgehead atoms. The Labute approximate surface area is 152 Å². The van der Waals surface area contributed by atoms with E-state index in [0.717, 1.165) is 17.7 Å². The van der Waals surface area contributed by atoms with Crippen LogP contribution in [0, 0.1) is 0 Å². The number of carbonyl (C=O) groups excluding carboxylic acids is 1. The Morgan fingerprint density at radius 2 is 1.92 bits per heavy atom. The van der Waals surface area contributed by atoms with Gasteiger partial charge in [0.25, 0.3) is 5.91 Å². The average molecular weight is 365 g/mol. The van der Waals surface area contributed by atoms with Crippen molar-refractivity contribution in [1.29, 1.82) is 0 Å². The van der Waals surface area contributed by atoms with Crippen LogP contribution < -0.4 is 25.3 Å². The normalized spacial score (nSPS) is 12.0. The molecule has 1 aliphatic rings. The molecule has 0 spiro atoms. The minimum atomic E-state index is -0.180. The molecule has 25 heavy (non-hydrogen) atoms. The third kappa shape index (κ3) is 4.48. The number of hydrogen-bond acceptors (Lipinski definition) is 5. The highest BCUT2D eigenvalue weighted by atomic mass is 35.5. The van der Waals surface area contributed by atoms with Crippen molar-refractivity contribution in [1.82, 2.24) is 5.32 Å². The highest BCUT2D eigenvalue weighted by Crippen LogP contribution is 2.40. The first-order valence-electron chi connectivity index (χ1n) is 7.77. The number of fused-ring (bicyclic) bond motifs is 1. The quantitative estimate of drug-likeness (QED) is 0.796. The van der Waals surface area contributed by atoms with Crippen LogP contribution in [0.3, 0.4) is 0 Å². The fourth-order valence-corrected chi connectivity index (χ4v) is 2.51. The van der Waals surface area contributed by atoms with Crippen LogP contribution in [0.15, 0.2) is 36.4 Å². The van der Waals surface area contributed by atoms with Crippen molar-refractivity contribution < 1.29 is 19.0 Å². The molecule has 0 saturated carbocycles. The number of methoxy groups -OCH3 is 1. The highest BCUT2D eigenvalue weighted by Gasteiger charge is 2.20. The van der Waals surface area contributed by atoms with Gasteiger partial charge in [-0.2, -0.15) is 0 Å². The molecular weight excluding hydrogens is 344 g/mol. The standard InChI is InChI=1S/C18H20N2O4.ClH/c1-22-15-10-13(11-16-17(15)24-9-8-23-16)18(21)20-7-6-12-2-4-14(19)5-3-12;/h2-5,10-11H,6-9,19H2,1H3,(H,20,21);1H. The van der Waals surface area contributed by atoms with E-state index in [0.29, 0.717) is 42.6 Å². The van der Waals surface area contributed by atoms with Gasteiger partial charge in [-0.25, -0.2) is 0 Å². The van der Waals surface area contributed by atoms with E-state index in [1.807, 2.05) is 24.3 Å². The second-order valence-corrected chi connectivity index (χ2v) is 5.45. The number of nitrogens with one attached hydrogen (secondary N) is 1. The lowest BCUT2D eigenvalue weighted by Crippen LogP contribution is -2.26. The summed E-state index contributed by atoms with van der Waals surface area (Å²) in [7, 11) is 1.54. The number of rotatable bonds is 5. The van der Waals surface area contributed by atoms with Gasteiger partial charge in [-0.1, -0.05) is 12.1 Å². The van der Waals surface area contributed by atoms with Crippen molar-refractivity contribution in [2.45, 2.75) is 6.42 Å². The lowest BCUT2D eigenvalue weighted by Gasteiger charge is -2.21. The molecule has 2 aromatic carbocycles. The Morgan fingerprint density at radius 3 is 2.64 bits per heavy atom. The summed E-state index contributed by atoms with van der Waals surface area (Å²) in [5.74, 6) is 1.39. The second-order valence-electron chi connectivity index (χ2n) is 5.45. The molecule has 3 rings (SSSR count). The van der Waals surface area contributed by atoms with Gasteiger partial charge in [0.1, 0.15) is 13.2 Å². The van der Waals surface area contributed by atoms with Crippen LogP contribution in [-0.4, -0.2) is 32.8 Å². The van der Waals surface area contributed by atoms with Crippen LogP contribution in [0.25, 0.3) is 0 Å². The Morgan fingerprint density at radius 1 is 1.20 bits per heavy atom. The summed E-state index contributed by atoms with van der Waals surface area (Å²) in [5, 5.41) is 2.90. The summed E-state index contributed by atoms with van der Waals surface area (Å²) >= 11 is 0. The smallest absolute Gasteiger partial charge is 0.251 e. The summed E-state index contributed by atoms with van der Waals surface area (Å²) in [5.41, 5.74) is 7.98. The number of amides is 1. The van der Waals surface area contributed by atoms with Gasteiger partial charge in [0.15, 0.2) is 11.5 Å². The number of anilines is 1. The van der Waals surface area contributed by atoms with Gasteiger partial charge in [0.05, 0.1) is 7.11 Å². The fraction of sp³-hybridized carbons (Fsp3) is 0.278. The maximum atomic E-state index is 12.4. The van der Waals surface area contributed by atoms with Crippen molar-refractivity contribution in [2.24, 2.45) is 0 Å². The zero-order valence-electron chi connectivity index (χ0n) is 13.9. The van der Waals surface area contributed by atoms with Gasteiger partial charge >= 0.3 is 0 Å². The van der Waals surface area contributed by atoms with Crippen molar-refractivity contribution in [3.63, 3.8) is 0 Å². The molecule has 1 heterocycles. The first-order valence-corrected chi connectivity index (χ1v) is 7.77. The minimum Gasteiger partial charge on any atom is -0.493 e. The van der Waals surface area contributed by atoms with Gasteiger partial charge in [-0.15, -0.1) is 12.4 Å². The lowest BCUT2D eigenvalue weighted by molar-refractivity contribution is 0.0952. The van der Waals surface area contributed by atoms with Crippen molar-refractivity contribution in [3.8, 4) is 17.2 Å². The van der Waals surface area contributed by atoms with Crippen LogP contribution in [0.1, 0.15) is 15.9 Å². The van der Waals surface area contributed by atoms with Crippen molar-refractivity contribution in [2.75, 3.05) is 32.6 Å². The number of benzene rings is 2. The molecule has 1 amide bonds. The molecule has 0 fully saturated rings. The van der Waals surface area contributed by atoms with Gasteiger partial charge < -0.3 is 25.3 Å². The Bertz CT molecular complexity index is 717. The zero-order chi connectivity index (χ0) is 16.9. The number of ether oxygens (including phenoxy) is 3. The molecule has 0 saturated heterocycles. The molecule has 0 unspecified atom stereocenters. The summed E-state index contributed by atoms with van der Waals surface area (Å²) in [4.78, 5) is 12.4. The molecule has 0 atom stereocenters. The van der Waals surface area contributed by atoms with Gasteiger partial charge in [0, 0.05) is 17.8 Å². The predicted octanol–water partition coefficient (Wildman–Crippen LogP) is 2.44. The zero-order valence-corrected chi connectivity index (χ0v) is 14.7. The lowest BCUT2D eigenvalue weighted by atomic mass is 10.1. The predicted molar refractivity (Wildman–Crippen MR) is 98.1 cm³/mol. The molecule has 0 radical (unpaired) electrons. The maximum Gasteiger partial charge on any atom is 0.251 e. The van der Waals surface area contributed by atoms with Crippen LogP contribution in [-0.2, 0) is 6.42 Å². The van der Waals surface area contributed by atoms with E-state index in [9.17, 15) is 4.79 Å². The molecule has 2 aromatic rings. The van der Waals surface area contributed by atoms with E-state index in [-0.39, 0.29) is 18.3 Å². The third-order valence-corrected chi connectivity index (χ3v) is 3.77. The summed E-state index contributed by atoms with van der Waals surface area (Å²) in [6, 6.07) is 10.9. The van der Waals surface area contributed by atoms with Crippen LogP contribution >= 0.6 is 12.4 Å². The maximum absolute atomic E-state index is 12.4.